The van der Waals surface area contributed by atoms with Crippen LogP contribution in [-0.4, -0.2) is 0 Å². The van der Waals surface area contributed by atoms with Crippen molar-refractivity contribution in [3.05, 3.63) is 97.1 Å². The molecular weight excluding hydrogens is 240 g/mol. The first-order valence-electron chi connectivity index (χ1n) is 7.18. The Morgan fingerprint density at radius 1 is 0.650 bits per heavy atom. The molecule has 0 aromatic heterocycles. The first kappa shape index (κ1) is 14.3. The molecule has 0 N–H and O–H groups in total. The van der Waals surface area contributed by atoms with E-state index < -0.39 is 0 Å². The van der Waals surface area contributed by atoms with Gasteiger partial charge in [-0.1, -0.05) is 72.8 Å². The second-order valence-corrected chi connectivity index (χ2v) is 5.08. The van der Waals surface area contributed by atoms with Gasteiger partial charge in [0.25, 0.3) is 0 Å². The third-order valence-corrected chi connectivity index (χ3v) is 3.78. The number of allylic oxidation sites excluding steroid dienone is 2. The van der Waals surface area contributed by atoms with Gasteiger partial charge < -0.3 is 0 Å². The van der Waals surface area contributed by atoms with Crippen LogP contribution in [0.3, 0.4) is 0 Å². The van der Waals surface area contributed by atoms with Crippen molar-refractivity contribution in [2.75, 3.05) is 0 Å². The fourth-order valence-corrected chi connectivity index (χ4v) is 2.82. The summed E-state index contributed by atoms with van der Waals surface area (Å²) in [5.74, 6) is 0.906. The second-order valence-electron chi connectivity index (χ2n) is 5.08. The summed E-state index contributed by atoms with van der Waals surface area (Å²) in [6.07, 6.45) is 6.02. The Morgan fingerprint density at radius 3 is 1.30 bits per heavy atom. The average Bonchev–Trinajstić information content (AvgIpc) is 2.52. The maximum Gasteiger partial charge on any atom is -0.00557 e. The van der Waals surface area contributed by atoms with Crippen molar-refractivity contribution in [2.24, 2.45) is 0 Å². The lowest BCUT2D eigenvalue weighted by Crippen LogP contribution is -2.10. The van der Waals surface area contributed by atoms with E-state index in [1.54, 1.807) is 0 Å². The summed E-state index contributed by atoms with van der Waals surface area (Å²) in [5, 5.41) is 0. The maximum absolute atomic E-state index is 3.94. The van der Waals surface area contributed by atoms with E-state index >= 15 is 0 Å². The molecule has 0 spiro atoms. The summed E-state index contributed by atoms with van der Waals surface area (Å²) in [4.78, 5) is 0. The quantitative estimate of drug-likeness (QED) is 0.561. The van der Waals surface area contributed by atoms with Crippen LogP contribution in [0.4, 0.5) is 0 Å². The van der Waals surface area contributed by atoms with E-state index in [4.69, 9.17) is 0 Å². The summed E-state index contributed by atoms with van der Waals surface area (Å²) in [6.45, 7) is 7.87. The van der Waals surface area contributed by atoms with Gasteiger partial charge in [0.2, 0.25) is 0 Å². The summed E-state index contributed by atoms with van der Waals surface area (Å²) in [6, 6.07) is 21.4. The van der Waals surface area contributed by atoms with Gasteiger partial charge in [0.1, 0.15) is 0 Å². The SMILES string of the molecule is C=CC[C@H](c1ccccc1)[C@H](CC=C)c1ccccc1. The minimum absolute atomic E-state index is 0.453. The van der Waals surface area contributed by atoms with E-state index in [9.17, 15) is 0 Å². The normalized spacial score (nSPS) is 13.4. The van der Waals surface area contributed by atoms with Crippen LogP contribution in [0.2, 0.25) is 0 Å². The second kappa shape index (κ2) is 7.49. The lowest BCUT2D eigenvalue weighted by molar-refractivity contribution is 0.547. The van der Waals surface area contributed by atoms with Crippen LogP contribution in [0.5, 0.6) is 0 Å². The molecule has 0 aliphatic heterocycles. The Morgan fingerprint density at radius 2 is 1.00 bits per heavy atom. The van der Waals surface area contributed by atoms with Gasteiger partial charge in [-0.3, -0.25) is 0 Å². The third-order valence-electron chi connectivity index (χ3n) is 3.78. The van der Waals surface area contributed by atoms with Crippen molar-refractivity contribution < 1.29 is 0 Å². The molecule has 0 aliphatic carbocycles. The molecule has 2 rings (SSSR count). The zero-order chi connectivity index (χ0) is 14.2. The Bertz CT molecular complexity index is 473. The van der Waals surface area contributed by atoms with Gasteiger partial charge >= 0.3 is 0 Å². The van der Waals surface area contributed by atoms with Crippen molar-refractivity contribution in [3.8, 4) is 0 Å². The molecule has 0 saturated carbocycles. The highest BCUT2D eigenvalue weighted by Crippen LogP contribution is 2.38. The van der Waals surface area contributed by atoms with Crippen molar-refractivity contribution in [1.82, 2.24) is 0 Å². The standard InChI is InChI=1S/C20H22/c1-3-11-19(17-13-7-5-8-14-17)20(12-4-2)18-15-9-6-10-16-18/h3-10,13-16,19-20H,1-2,11-12H2/t19-,20-/m1/s1. The Kier molecular flexibility index (Phi) is 5.37. The largest absolute Gasteiger partial charge is 0.103 e. The van der Waals surface area contributed by atoms with Crippen LogP contribution < -0.4 is 0 Å². The molecule has 0 nitrogen and oxygen atoms in total. The number of benzene rings is 2. The topological polar surface area (TPSA) is 0 Å². The highest BCUT2D eigenvalue weighted by atomic mass is 14.3. The zero-order valence-electron chi connectivity index (χ0n) is 11.9. The molecule has 2 atom stereocenters. The predicted molar refractivity (Wildman–Crippen MR) is 88.0 cm³/mol. The molecule has 102 valence electrons. The third kappa shape index (κ3) is 3.48. The summed E-state index contributed by atoms with van der Waals surface area (Å²) in [7, 11) is 0. The maximum atomic E-state index is 3.94. The van der Waals surface area contributed by atoms with Crippen molar-refractivity contribution in [1.29, 1.82) is 0 Å². The number of hydrogen-bond acceptors (Lipinski definition) is 0. The molecule has 0 saturated heterocycles. The van der Waals surface area contributed by atoms with Crippen LogP contribution >= 0.6 is 0 Å². The highest BCUT2D eigenvalue weighted by molar-refractivity contribution is 5.29. The Balaban J connectivity index is 2.37. The monoisotopic (exact) mass is 262 g/mol. The predicted octanol–water partition coefficient (Wildman–Crippen LogP) is 5.71. The van der Waals surface area contributed by atoms with Gasteiger partial charge in [0.15, 0.2) is 0 Å². The number of hydrogen-bond donors (Lipinski definition) is 0. The van der Waals surface area contributed by atoms with Crippen LogP contribution in [0.15, 0.2) is 86.0 Å². The summed E-state index contributed by atoms with van der Waals surface area (Å²) >= 11 is 0. The van der Waals surface area contributed by atoms with E-state index in [2.05, 4.69) is 73.8 Å². The Labute approximate surface area is 122 Å². The van der Waals surface area contributed by atoms with E-state index in [1.807, 2.05) is 12.2 Å². The molecule has 0 aliphatic rings. The summed E-state index contributed by atoms with van der Waals surface area (Å²) in [5.41, 5.74) is 2.76. The molecule has 0 amide bonds. The van der Waals surface area contributed by atoms with E-state index in [0.717, 1.165) is 12.8 Å². The van der Waals surface area contributed by atoms with Gasteiger partial charge in [-0.15, -0.1) is 13.2 Å². The van der Waals surface area contributed by atoms with Crippen molar-refractivity contribution in [2.45, 2.75) is 24.7 Å². The van der Waals surface area contributed by atoms with Gasteiger partial charge in [0, 0.05) is 0 Å². The fraction of sp³-hybridized carbons (Fsp3) is 0.200. The molecule has 0 unspecified atom stereocenters. The highest BCUT2D eigenvalue weighted by Gasteiger charge is 2.22. The lowest BCUT2D eigenvalue weighted by Gasteiger charge is -2.26. The molecule has 20 heavy (non-hydrogen) atoms. The lowest BCUT2D eigenvalue weighted by atomic mass is 9.78. The average molecular weight is 262 g/mol. The van der Waals surface area contributed by atoms with Gasteiger partial charge in [-0.05, 0) is 35.8 Å². The summed E-state index contributed by atoms with van der Waals surface area (Å²) < 4.78 is 0. The molecule has 0 heterocycles. The number of rotatable bonds is 7. The van der Waals surface area contributed by atoms with Gasteiger partial charge in [-0.2, -0.15) is 0 Å². The Hall–Kier alpha value is -2.08. The van der Waals surface area contributed by atoms with E-state index in [0.29, 0.717) is 11.8 Å². The van der Waals surface area contributed by atoms with Crippen molar-refractivity contribution in [3.63, 3.8) is 0 Å². The first-order valence-corrected chi connectivity index (χ1v) is 7.18. The van der Waals surface area contributed by atoms with Crippen LogP contribution in [0.1, 0.15) is 35.8 Å². The molecular formula is C20H22. The minimum Gasteiger partial charge on any atom is -0.103 e. The molecule has 0 heteroatoms. The van der Waals surface area contributed by atoms with Crippen molar-refractivity contribution >= 4 is 0 Å². The van der Waals surface area contributed by atoms with Crippen LogP contribution in [0.25, 0.3) is 0 Å². The minimum atomic E-state index is 0.453. The molecule has 0 radical (unpaired) electrons. The fourth-order valence-electron chi connectivity index (χ4n) is 2.82. The van der Waals surface area contributed by atoms with Gasteiger partial charge in [0.05, 0.1) is 0 Å². The molecule has 2 aromatic carbocycles. The molecule has 0 bridgehead atoms. The van der Waals surface area contributed by atoms with Gasteiger partial charge in [-0.25, -0.2) is 0 Å². The van der Waals surface area contributed by atoms with Crippen LogP contribution in [-0.2, 0) is 0 Å². The first-order chi connectivity index (χ1) is 9.86. The van der Waals surface area contributed by atoms with Crippen LogP contribution in [0, 0.1) is 0 Å². The van der Waals surface area contributed by atoms with E-state index in [1.165, 1.54) is 11.1 Å². The smallest absolute Gasteiger partial charge is 0.00557 e. The molecule has 2 aromatic rings. The zero-order valence-corrected chi connectivity index (χ0v) is 11.9. The van der Waals surface area contributed by atoms with E-state index in [-0.39, 0.29) is 0 Å². The molecule has 0 fully saturated rings.